The largest absolute Gasteiger partial charge is 0.370 e. The molecule has 0 aromatic heterocycles. The van der Waals surface area contributed by atoms with Gasteiger partial charge in [0.1, 0.15) is 6.29 Å². The predicted octanol–water partition coefficient (Wildman–Crippen LogP) is 1.88. The van der Waals surface area contributed by atoms with Crippen molar-refractivity contribution in [3.8, 4) is 0 Å². The lowest BCUT2D eigenvalue weighted by Crippen LogP contribution is -2.37. The third-order valence-corrected chi connectivity index (χ3v) is 4.87. The van der Waals surface area contributed by atoms with Crippen molar-refractivity contribution in [3.63, 3.8) is 0 Å². The van der Waals surface area contributed by atoms with Crippen LogP contribution < -0.4 is 5.73 Å². The lowest BCUT2D eigenvalue weighted by atomic mass is 10.1. The van der Waals surface area contributed by atoms with Crippen molar-refractivity contribution in [1.29, 1.82) is 0 Å². The maximum absolute atomic E-state index is 12.3. The Hall–Kier alpha value is -1.34. The lowest BCUT2D eigenvalue weighted by molar-refractivity contribution is -0.118. The van der Waals surface area contributed by atoms with E-state index in [0.29, 0.717) is 18.4 Å². The van der Waals surface area contributed by atoms with Gasteiger partial charge in [-0.25, -0.2) is 0 Å². The molecule has 0 bridgehead atoms. The van der Waals surface area contributed by atoms with Crippen molar-refractivity contribution in [2.75, 3.05) is 0 Å². The number of carbonyl (C=O) groups is 3. The van der Waals surface area contributed by atoms with Crippen LogP contribution >= 0.6 is 25.0 Å². The van der Waals surface area contributed by atoms with Crippen molar-refractivity contribution in [2.24, 2.45) is 5.73 Å². The summed E-state index contributed by atoms with van der Waals surface area (Å²) >= 11 is 3.31. The number of amides is 2. The van der Waals surface area contributed by atoms with E-state index < -0.39 is 11.9 Å². The number of rotatable bonds is 6. The van der Waals surface area contributed by atoms with Crippen molar-refractivity contribution in [1.82, 2.24) is 4.90 Å². The lowest BCUT2D eigenvalue weighted by Gasteiger charge is -2.22. The van der Waals surface area contributed by atoms with Gasteiger partial charge >= 0.3 is 0 Å². The number of primary amides is 1. The topological polar surface area (TPSA) is 80.5 Å². The van der Waals surface area contributed by atoms with Gasteiger partial charge in [-0.1, -0.05) is 6.07 Å². The van der Waals surface area contributed by atoms with Crippen LogP contribution in [0.2, 0.25) is 0 Å². The highest BCUT2D eigenvalue weighted by atomic mass is 79.9. The Morgan fingerprint density at radius 2 is 2.30 bits per heavy atom. The number of nitrogens with two attached hydrogens (primary N) is 1. The Morgan fingerprint density at radius 1 is 1.55 bits per heavy atom. The first kappa shape index (κ1) is 15.1. The standard InChI is InChI=1S/C13H13BrN2O3S/c14-20-11-3-1-2-9-10(11)6-16(13(9)19)8(7-17)4-5-12(15)18/h1-3,7-8H,4-6H2,(H2,15,18). The molecule has 1 aliphatic rings. The van der Waals surface area contributed by atoms with E-state index in [4.69, 9.17) is 5.73 Å². The van der Waals surface area contributed by atoms with Gasteiger partial charge in [0, 0.05) is 23.4 Å². The molecular weight excluding hydrogens is 344 g/mol. The van der Waals surface area contributed by atoms with Gasteiger partial charge in [0.15, 0.2) is 0 Å². The molecule has 0 saturated heterocycles. The number of hydrogen-bond acceptors (Lipinski definition) is 4. The van der Waals surface area contributed by atoms with Crippen molar-refractivity contribution >= 4 is 43.1 Å². The van der Waals surface area contributed by atoms with Crippen LogP contribution in [0.15, 0.2) is 23.1 Å². The molecule has 1 aliphatic heterocycles. The number of aldehydes is 1. The second-order valence-electron chi connectivity index (χ2n) is 4.50. The third kappa shape index (κ3) is 2.88. The zero-order chi connectivity index (χ0) is 14.7. The number of nitrogens with zero attached hydrogens (tertiary/aromatic N) is 1. The fourth-order valence-corrected chi connectivity index (χ4v) is 3.56. The summed E-state index contributed by atoms with van der Waals surface area (Å²) in [5.74, 6) is -0.650. The first-order chi connectivity index (χ1) is 9.58. The molecule has 2 rings (SSSR count). The maximum Gasteiger partial charge on any atom is 0.255 e. The number of fused-ring (bicyclic) bond motifs is 1. The maximum atomic E-state index is 12.3. The molecule has 0 saturated carbocycles. The summed E-state index contributed by atoms with van der Waals surface area (Å²) < 4.78 is 0. The Morgan fingerprint density at radius 3 is 2.90 bits per heavy atom. The van der Waals surface area contributed by atoms with Gasteiger partial charge in [0.05, 0.1) is 6.04 Å². The van der Waals surface area contributed by atoms with Gasteiger partial charge in [0.25, 0.3) is 5.91 Å². The van der Waals surface area contributed by atoms with Gasteiger partial charge in [-0.3, -0.25) is 9.59 Å². The first-order valence-electron chi connectivity index (χ1n) is 6.03. The van der Waals surface area contributed by atoms with Crippen LogP contribution in [0, 0.1) is 0 Å². The Labute approximate surface area is 128 Å². The number of hydrogen-bond donors (Lipinski definition) is 1. The molecule has 1 aromatic carbocycles. The van der Waals surface area contributed by atoms with Crippen LogP contribution in [0.5, 0.6) is 0 Å². The van der Waals surface area contributed by atoms with E-state index in [1.54, 1.807) is 6.07 Å². The van der Waals surface area contributed by atoms with Gasteiger partial charge in [-0.05, 0) is 49.1 Å². The Bertz CT molecular complexity index is 565. The molecule has 0 spiro atoms. The molecule has 7 heteroatoms. The minimum Gasteiger partial charge on any atom is -0.370 e. The Kier molecular flexibility index (Phi) is 4.82. The summed E-state index contributed by atoms with van der Waals surface area (Å²) in [7, 11) is 1.39. The molecule has 1 aromatic rings. The zero-order valence-electron chi connectivity index (χ0n) is 10.5. The van der Waals surface area contributed by atoms with Crippen molar-refractivity contribution < 1.29 is 14.4 Å². The molecule has 2 N–H and O–H groups in total. The molecule has 0 fully saturated rings. The summed E-state index contributed by atoms with van der Waals surface area (Å²) in [4.78, 5) is 36.8. The smallest absolute Gasteiger partial charge is 0.255 e. The van der Waals surface area contributed by atoms with E-state index >= 15 is 0 Å². The van der Waals surface area contributed by atoms with Gasteiger partial charge < -0.3 is 15.4 Å². The molecule has 0 radical (unpaired) electrons. The Balaban J connectivity index is 2.22. The molecular formula is C13H13BrN2O3S. The van der Waals surface area contributed by atoms with Crippen LogP contribution in [0.1, 0.15) is 28.8 Å². The highest BCUT2D eigenvalue weighted by Crippen LogP contribution is 2.35. The van der Waals surface area contributed by atoms with Gasteiger partial charge in [-0.2, -0.15) is 0 Å². The average molecular weight is 357 g/mol. The van der Waals surface area contributed by atoms with E-state index in [1.165, 1.54) is 15.1 Å². The van der Waals surface area contributed by atoms with Crippen LogP contribution in [-0.4, -0.2) is 29.0 Å². The van der Waals surface area contributed by atoms with Gasteiger partial charge in [-0.15, -0.1) is 0 Å². The zero-order valence-corrected chi connectivity index (χ0v) is 12.9. The number of benzene rings is 1. The van der Waals surface area contributed by atoms with E-state index in [2.05, 4.69) is 14.8 Å². The van der Waals surface area contributed by atoms with E-state index in [9.17, 15) is 14.4 Å². The number of carbonyl (C=O) groups excluding carboxylic acids is 3. The molecule has 106 valence electrons. The minimum atomic E-state index is -0.615. The van der Waals surface area contributed by atoms with Crippen LogP contribution in [0.4, 0.5) is 0 Å². The normalized spacial score (nSPS) is 15.1. The molecule has 1 unspecified atom stereocenters. The second-order valence-corrected chi connectivity index (χ2v) is 6.07. The van der Waals surface area contributed by atoms with Crippen LogP contribution in [-0.2, 0) is 16.1 Å². The molecule has 2 amide bonds. The summed E-state index contributed by atoms with van der Waals surface area (Å²) in [6, 6.07) is 4.85. The average Bonchev–Trinajstić information content (AvgIpc) is 2.77. The second kappa shape index (κ2) is 6.41. The summed E-state index contributed by atoms with van der Waals surface area (Å²) in [5, 5.41) is 0. The molecule has 5 nitrogen and oxygen atoms in total. The van der Waals surface area contributed by atoms with E-state index in [0.717, 1.165) is 10.5 Å². The predicted molar refractivity (Wildman–Crippen MR) is 79.4 cm³/mol. The highest BCUT2D eigenvalue weighted by Gasteiger charge is 2.33. The summed E-state index contributed by atoms with van der Waals surface area (Å²) in [6.45, 7) is 0.380. The van der Waals surface area contributed by atoms with Gasteiger partial charge in [0.2, 0.25) is 5.91 Å². The monoisotopic (exact) mass is 356 g/mol. The molecule has 1 heterocycles. The van der Waals surface area contributed by atoms with E-state index in [-0.39, 0.29) is 18.7 Å². The first-order valence-corrected chi connectivity index (χ1v) is 8.69. The summed E-state index contributed by atoms with van der Waals surface area (Å²) in [5.41, 5.74) is 6.61. The SMILES string of the molecule is NC(=O)CCC(C=O)N1Cc2c(SBr)cccc2C1=O. The number of halogens is 1. The van der Waals surface area contributed by atoms with Crippen LogP contribution in [0.3, 0.4) is 0 Å². The third-order valence-electron chi connectivity index (χ3n) is 3.28. The van der Waals surface area contributed by atoms with E-state index in [1.807, 2.05) is 12.1 Å². The molecule has 20 heavy (non-hydrogen) atoms. The highest BCUT2D eigenvalue weighted by molar-refractivity contribution is 9.50. The molecule has 0 aliphatic carbocycles. The fraction of sp³-hybridized carbons (Fsp3) is 0.308. The van der Waals surface area contributed by atoms with Crippen molar-refractivity contribution in [2.45, 2.75) is 30.3 Å². The fourth-order valence-electron chi connectivity index (χ4n) is 2.25. The molecule has 1 atom stereocenters. The minimum absolute atomic E-state index is 0.0869. The summed E-state index contributed by atoms with van der Waals surface area (Å²) in [6.07, 6.45) is 1.05. The van der Waals surface area contributed by atoms with Crippen molar-refractivity contribution in [3.05, 3.63) is 29.3 Å². The quantitative estimate of drug-likeness (QED) is 0.789. The van der Waals surface area contributed by atoms with Crippen LogP contribution in [0.25, 0.3) is 0 Å².